The van der Waals surface area contributed by atoms with Gasteiger partial charge in [-0.15, -0.1) is 0 Å². The summed E-state index contributed by atoms with van der Waals surface area (Å²) >= 11 is 0. The lowest BCUT2D eigenvalue weighted by Gasteiger charge is -2.25. The number of anilines is 1. The lowest BCUT2D eigenvalue weighted by molar-refractivity contribution is -0.384. The smallest absolute Gasteiger partial charge is 0.408 e. The molecule has 216 valence electrons. The zero-order chi connectivity index (χ0) is 29.8. The molecule has 8 N–H and O–H groups in total. The molecule has 0 fully saturated rings. The maximum Gasteiger partial charge on any atom is 0.408 e. The van der Waals surface area contributed by atoms with Gasteiger partial charge in [-0.2, -0.15) is 0 Å². The van der Waals surface area contributed by atoms with Crippen molar-refractivity contribution in [3.63, 3.8) is 0 Å². The number of carbonyl (C=O) groups is 4. The van der Waals surface area contributed by atoms with Gasteiger partial charge in [-0.05, 0) is 51.7 Å². The van der Waals surface area contributed by atoms with Gasteiger partial charge in [0.2, 0.25) is 17.7 Å². The number of guanidine groups is 1. The minimum atomic E-state index is -1.04. The molecule has 0 heterocycles. The molecule has 15 nitrogen and oxygen atoms in total. The first kappa shape index (κ1) is 32.6. The Morgan fingerprint density at radius 1 is 1.05 bits per heavy atom. The molecule has 15 heteroatoms. The Morgan fingerprint density at radius 3 is 2.18 bits per heavy atom. The first-order valence-corrected chi connectivity index (χ1v) is 12.3. The molecule has 1 aromatic carbocycles. The van der Waals surface area contributed by atoms with Gasteiger partial charge in [-0.25, -0.2) is 4.79 Å². The summed E-state index contributed by atoms with van der Waals surface area (Å²) < 4.78 is 5.08. The predicted octanol–water partition coefficient (Wildman–Crippen LogP) is 0.947. The van der Waals surface area contributed by atoms with Gasteiger partial charge < -0.3 is 37.1 Å². The van der Waals surface area contributed by atoms with Crippen molar-refractivity contribution in [2.45, 2.75) is 65.1 Å². The third-order valence-corrected chi connectivity index (χ3v) is 5.02. The quantitative estimate of drug-likeness (QED) is 0.0608. The van der Waals surface area contributed by atoms with Crippen LogP contribution in [0.15, 0.2) is 24.3 Å². The third-order valence-electron chi connectivity index (χ3n) is 5.02. The summed E-state index contributed by atoms with van der Waals surface area (Å²) in [5, 5.41) is 30.8. The maximum atomic E-state index is 13.1. The second kappa shape index (κ2) is 15.1. The Morgan fingerprint density at radius 2 is 1.67 bits per heavy atom. The number of amides is 4. The number of hydrogen-bond donors (Lipinski definition) is 7. The van der Waals surface area contributed by atoms with Gasteiger partial charge in [0.05, 0.1) is 4.92 Å². The van der Waals surface area contributed by atoms with E-state index in [0.29, 0.717) is 6.42 Å². The first-order chi connectivity index (χ1) is 18.1. The van der Waals surface area contributed by atoms with E-state index in [9.17, 15) is 29.3 Å². The number of hydrogen-bond acceptors (Lipinski definition) is 8. The Balaban J connectivity index is 2.90. The molecule has 0 aromatic heterocycles. The van der Waals surface area contributed by atoms with E-state index in [0.717, 1.165) is 0 Å². The molecule has 0 bridgehead atoms. The second-order valence-corrected chi connectivity index (χ2v) is 9.98. The van der Waals surface area contributed by atoms with Gasteiger partial charge >= 0.3 is 6.09 Å². The van der Waals surface area contributed by atoms with Gasteiger partial charge in [0.25, 0.3) is 5.69 Å². The molecular formula is C24H38N8O7. The van der Waals surface area contributed by atoms with E-state index in [1.165, 1.54) is 24.3 Å². The van der Waals surface area contributed by atoms with Crippen LogP contribution in [0.4, 0.5) is 16.2 Å². The monoisotopic (exact) mass is 550 g/mol. The van der Waals surface area contributed by atoms with Crippen LogP contribution in [-0.4, -0.2) is 65.5 Å². The summed E-state index contributed by atoms with van der Waals surface area (Å²) in [6, 6.07) is 3.12. The van der Waals surface area contributed by atoms with Gasteiger partial charge in [-0.1, -0.05) is 13.8 Å². The second-order valence-electron chi connectivity index (χ2n) is 9.98. The number of nitrogens with one attached hydrogen (secondary N) is 6. The molecule has 0 aliphatic rings. The van der Waals surface area contributed by atoms with Crippen molar-refractivity contribution in [3.05, 3.63) is 34.4 Å². The summed E-state index contributed by atoms with van der Waals surface area (Å²) in [6.45, 7) is 8.28. The van der Waals surface area contributed by atoms with Crippen molar-refractivity contribution in [1.29, 1.82) is 5.41 Å². The Bertz CT molecular complexity index is 1040. The number of carbonyl (C=O) groups excluding carboxylic acids is 4. The van der Waals surface area contributed by atoms with Gasteiger partial charge in [0.15, 0.2) is 5.96 Å². The lowest BCUT2D eigenvalue weighted by Crippen LogP contribution is -2.55. The van der Waals surface area contributed by atoms with Crippen molar-refractivity contribution < 1.29 is 28.8 Å². The largest absolute Gasteiger partial charge is 0.444 e. The molecule has 0 saturated carbocycles. The number of alkyl carbamates (subject to hydrolysis) is 1. The van der Waals surface area contributed by atoms with E-state index in [2.05, 4.69) is 26.6 Å². The first-order valence-electron chi connectivity index (χ1n) is 12.3. The topological polar surface area (TPSA) is 231 Å². The molecule has 0 aliphatic carbocycles. The van der Waals surface area contributed by atoms with Crippen LogP contribution in [0.3, 0.4) is 0 Å². The molecule has 2 atom stereocenters. The molecule has 1 rings (SSSR count). The average molecular weight is 551 g/mol. The zero-order valence-corrected chi connectivity index (χ0v) is 22.8. The van der Waals surface area contributed by atoms with E-state index in [1.807, 2.05) is 0 Å². The van der Waals surface area contributed by atoms with Crippen molar-refractivity contribution in [1.82, 2.24) is 21.3 Å². The van der Waals surface area contributed by atoms with Crippen LogP contribution in [0.5, 0.6) is 0 Å². The highest BCUT2D eigenvalue weighted by molar-refractivity contribution is 5.98. The van der Waals surface area contributed by atoms with Crippen molar-refractivity contribution in [2.24, 2.45) is 11.7 Å². The zero-order valence-electron chi connectivity index (χ0n) is 22.8. The molecule has 0 aliphatic heterocycles. The van der Waals surface area contributed by atoms with Gasteiger partial charge in [-0.3, -0.25) is 29.9 Å². The van der Waals surface area contributed by atoms with Gasteiger partial charge in [0.1, 0.15) is 24.2 Å². The van der Waals surface area contributed by atoms with Crippen LogP contribution in [0.2, 0.25) is 0 Å². The number of rotatable bonds is 13. The number of non-ortho nitro benzene ring substituents is 1. The van der Waals surface area contributed by atoms with E-state index >= 15 is 0 Å². The van der Waals surface area contributed by atoms with Crippen molar-refractivity contribution >= 4 is 41.1 Å². The van der Waals surface area contributed by atoms with Crippen LogP contribution in [-0.2, 0) is 19.1 Å². The Labute approximate surface area is 226 Å². The number of ether oxygens (including phenoxy) is 1. The summed E-state index contributed by atoms with van der Waals surface area (Å²) in [5.41, 5.74) is 4.67. The molecular weight excluding hydrogens is 512 g/mol. The van der Waals surface area contributed by atoms with Crippen LogP contribution < -0.4 is 32.3 Å². The number of nitro groups is 1. The Hall–Kier alpha value is -4.43. The molecule has 1 aromatic rings. The normalized spacial score (nSPS) is 12.5. The average Bonchev–Trinajstić information content (AvgIpc) is 2.81. The molecule has 0 spiro atoms. The van der Waals surface area contributed by atoms with Gasteiger partial charge in [0, 0.05) is 24.4 Å². The minimum absolute atomic E-state index is 0.148. The molecule has 39 heavy (non-hydrogen) atoms. The third kappa shape index (κ3) is 13.1. The molecule has 0 unspecified atom stereocenters. The fraction of sp³-hybridized carbons (Fsp3) is 0.542. The highest BCUT2D eigenvalue weighted by Gasteiger charge is 2.29. The fourth-order valence-electron chi connectivity index (χ4n) is 3.18. The van der Waals surface area contributed by atoms with E-state index in [-0.39, 0.29) is 36.2 Å². The van der Waals surface area contributed by atoms with Crippen molar-refractivity contribution in [3.8, 4) is 0 Å². The molecule has 4 amide bonds. The van der Waals surface area contributed by atoms with Crippen LogP contribution >= 0.6 is 0 Å². The van der Waals surface area contributed by atoms with Crippen LogP contribution in [0.1, 0.15) is 47.5 Å². The fourth-order valence-corrected chi connectivity index (χ4v) is 3.18. The summed E-state index contributed by atoms with van der Waals surface area (Å²) in [7, 11) is 0. The molecule has 0 saturated heterocycles. The summed E-state index contributed by atoms with van der Waals surface area (Å²) in [5.74, 6) is -2.45. The van der Waals surface area contributed by atoms with Crippen molar-refractivity contribution in [2.75, 3.05) is 18.4 Å². The number of nitrogens with two attached hydrogens (primary N) is 1. The van der Waals surface area contributed by atoms with E-state index in [4.69, 9.17) is 15.9 Å². The number of benzene rings is 1. The number of nitrogens with zero attached hydrogens (tertiary/aromatic N) is 1. The molecule has 0 radical (unpaired) electrons. The van der Waals surface area contributed by atoms with Crippen LogP contribution in [0.25, 0.3) is 0 Å². The van der Waals surface area contributed by atoms with Crippen LogP contribution in [0, 0.1) is 21.4 Å². The van der Waals surface area contributed by atoms with E-state index in [1.54, 1.807) is 34.6 Å². The minimum Gasteiger partial charge on any atom is -0.444 e. The summed E-state index contributed by atoms with van der Waals surface area (Å²) in [6.07, 6.45) is -0.272. The summed E-state index contributed by atoms with van der Waals surface area (Å²) in [4.78, 5) is 60.6. The lowest BCUT2D eigenvalue weighted by atomic mass is 10.0. The van der Waals surface area contributed by atoms with E-state index < -0.39 is 53.0 Å². The maximum absolute atomic E-state index is 13.1. The predicted molar refractivity (Wildman–Crippen MR) is 144 cm³/mol. The SMILES string of the molecule is CC(C)[C@H](NC(=O)CNC(=O)OC(C)(C)C)C(=O)N[C@@H](CCCNC(=N)N)C(=O)Nc1ccc([N+](=O)[O-])cc1. The highest BCUT2D eigenvalue weighted by atomic mass is 16.6. The Kier molecular flexibility index (Phi) is 12.6. The standard InChI is InChI=1S/C24H38N8O7/c1-14(2)19(31-18(33)13-28-23(36)39-24(3,4)5)21(35)30-17(7-6-12-27-22(25)26)20(34)29-15-8-10-16(11-9-15)32(37)38/h8-11,14,17,19H,6-7,12-13H2,1-5H3,(H,28,36)(H,29,34)(H,30,35)(H,31,33)(H4,25,26,27)/t17-,19-/m0/s1. The number of nitro benzene ring substituents is 1. The highest BCUT2D eigenvalue weighted by Crippen LogP contribution is 2.16.